The topological polar surface area (TPSA) is 18.5 Å². The zero-order valence-electron chi connectivity index (χ0n) is 20.3. The normalized spacial score (nSPS) is 24.9. The largest absolute Gasteiger partial charge is 0.497 e. The second-order valence-electron chi connectivity index (χ2n) is 10.1. The smallest absolute Gasteiger partial charge is 0.305 e. The summed E-state index contributed by atoms with van der Waals surface area (Å²) in [5, 5.41) is 0. The summed E-state index contributed by atoms with van der Waals surface area (Å²) < 4.78 is 72.6. The molecule has 5 rings (SSSR count). The molecule has 1 atom stereocenters. The molecule has 2 aromatic rings. The van der Waals surface area contributed by atoms with Gasteiger partial charge in [-0.2, -0.15) is 8.78 Å². The summed E-state index contributed by atoms with van der Waals surface area (Å²) in [5.41, 5.74) is -0.886. The number of rotatable bonds is 6. The van der Waals surface area contributed by atoms with Crippen molar-refractivity contribution in [1.29, 1.82) is 0 Å². The van der Waals surface area contributed by atoms with E-state index in [2.05, 4.69) is 6.92 Å². The van der Waals surface area contributed by atoms with Crippen LogP contribution in [0.25, 0.3) is 16.7 Å². The number of alkyl halides is 2. The highest BCUT2D eigenvalue weighted by Gasteiger charge is 2.50. The van der Waals surface area contributed by atoms with Gasteiger partial charge >= 0.3 is 5.92 Å². The maximum atomic E-state index is 15.6. The van der Waals surface area contributed by atoms with Gasteiger partial charge in [-0.3, -0.25) is 0 Å². The van der Waals surface area contributed by atoms with Crippen LogP contribution in [0, 0.1) is 23.5 Å². The quantitative estimate of drug-likeness (QED) is 0.379. The molecule has 2 aromatic carbocycles. The predicted octanol–water partition coefficient (Wildman–Crippen LogP) is 8.61. The zero-order valence-corrected chi connectivity index (χ0v) is 20.3. The number of benzene rings is 2. The molecule has 6 heteroatoms. The number of allylic oxidation sites excluding steroid dienone is 1. The average molecular weight is 489 g/mol. The molecule has 0 radical (unpaired) electrons. The Morgan fingerprint density at radius 3 is 2.17 bits per heavy atom. The Kier molecular flexibility index (Phi) is 6.58. The molecule has 2 aliphatic carbocycles. The van der Waals surface area contributed by atoms with Crippen molar-refractivity contribution in [2.24, 2.45) is 11.8 Å². The molecular formula is C29H32F4O2. The van der Waals surface area contributed by atoms with Gasteiger partial charge in [0.2, 0.25) is 0 Å². The maximum absolute atomic E-state index is 15.6. The van der Waals surface area contributed by atoms with Gasteiger partial charge in [0, 0.05) is 5.56 Å². The van der Waals surface area contributed by atoms with Crippen molar-refractivity contribution in [2.75, 3.05) is 6.61 Å². The summed E-state index contributed by atoms with van der Waals surface area (Å²) in [6, 6.07) is 5.68. The van der Waals surface area contributed by atoms with Crippen molar-refractivity contribution in [2.45, 2.75) is 77.2 Å². The Morgan fingerprint density at radius 2 is 1.54 bits per heavy atom. The highest BCUT2D eigenvalue weighted by Crippen LogP contribution is 2.55. The maximum Gasteiger partial charge on any atom is 0.305 e. The van der Waals surface area contributed by atoms with Gasteiger partial charge < -0.3 is 9.47 Å². The van der Waals surface area contributed by atoms with E-state index in [9.17, 15) is 4.39 Å². The molecule has 3 aliphatic rings. The summed E-state index contributed by atoms with van der Waals surface area (Å²) in [6.45, 7) is 4.01. The SMILES string of the molecule is CCCC1CCC(C2CCC(c3ccc4c(c3F)C(F)(F)c3c-4ccc(OCC)c3F)=CO2)CC1. The fourth-order valence-electron chi connectivity index (χ4n) is 6.23. The third kappa shape index (κ3) is 4.13. The van der Waals surface area contributed by atoms with Gasteiger partial charge in [0.25, 0.3) is 0 Å². The molecule has 1 heterocycles. The summed E-state index contributed by atoms with van der Waals surface area (Å²) in [4.78, 5) is 0. The van der Waals surface area contributed by atoms with Crippen molar-refractivity contribution >= 4 is 5.57 Å². The molecule has 1 saturated carbocycles. The van der Waals surface area contributed by atoms with Crippen molar-refractivity contribution in [1.82, 2.24) is 0 Å². The van der Waals surface area contributed by atoms with E-state index < -0.39 is 28.7 Å². The first-order valence-electron chi connectivity index (χ1n) is 12.9. The van der Waals surface area contributed by atoms with Crippen molar-refractivity contribution in [3.63, 3.8) is 0 Å². The molecule has 188 valence electrons. The van der Waals surface area contributed by atoms with E-state index >= 15 is 13.2 Å². The van der Waals surface area contributed by atoms with Gasteiger partial charge in [-0.15, -0.1) is 0 Å². The molecular weight excluding hydrogens is 456 g/mol. The van der Waals surface area contributed by atoms with E-state index in [0.29, 0.717) is 17.9 Å². The third-order valence-electron chi connectivity index (χ3n) is 8.01. The van der Waals surface area contributed by atoms with Crippen molar-refractivity contribution in [3.05, 3.63) is 58.9 Å². The van der Waals surface area contributed by atoms with Crippen LogP contribution in [0.2, 0.25) is 0 Å². The fraction of sp³-hybridized carbons (Fsp3) is 0.517. The Bertz CT molecular complexity index is 1130. The minimum absolute atomic E-state index is 0.00372. The standard InChI is InChI=1S/C29H32F4O2/c1-3-5-17-6-8-18(9-7-17)23-14-10-19(16-35-23)20-11-12-21-22-13-15-24(34-4-2)28(31)26(22)29(32,33)25(21)27(20)30/h11-13,15-18,23H,3-10,14H2,1-2H3. The Labute approximate surface area is 204 Å². The molecule has 1 fully saturated rings. The second kappa shape index (κ2) is 9.51. The molecule has 1 unspecified atom stereocenters. The van der Waals surface area contributed by atoms with Crippen LogP contribution >= 0.6 is 0 Å². The highest BCUT2D eigenvalue weighted by molar-refractivity contribution is 5.83. The van der Waals surface area contributed by atoms with E-state index in [4.69, 9.17) is 9.47 Å². The predicted molar refractivity (Wildman–Crippen MR) is 128 cm³/mol. The molecule has 2 nitrogen and oxygen atoms in total. The number of ether oxygens (including phenoxy) is 2. The molecule has 0 bridgehead atoms. The third-order valence-corrected chi connectivity index (χ3v) is 8.01. The van der Waals surface area contributed by atoms with Crippen LogP contribution < -0.4 is 4.74 Å². The summed E-state index contributed by atoms with van der Waals surface area (Å²) in [7, 11) is 0. The van der Waals surface area contributed by atoms with Gasteiger partial charge in [-0.05, 0) is 73.3 Å². The van der Waals surface area contributed by atoms with Crippen LogP contribution in [0.3, 0.4) is 0 Å². The van der Waals surface area contributed by atoms with Crippen LogP contribution in [-0.4, -0.2) is 12.7 Å². The molecule has 0 N–H and O–H groups in total. The van der Waals surface area contributed by atoms with Crippen LogP contribution in [-0.2, 0) is 10.7 Å². The lowest BCUT2D eigenvalue weighted by molar-refractivity contribution is 0.0394. The Balaban J connectivity index is 1.39. The molecule has 0 saturated heterocycles. The lowest BCUT2D eigenvalue weighted by Gasteiger charge is -2.35. The van der Waals surface area contributed by atoms with Gasteiger partial charge in [-0.25, -0.2) is 8.78 Å². The van der Waals surface area contributed by atoms with Crippen LogP contribution in [0.15, 0.2) is 30.5 Å². The number of hydrogen-bond acceptors (Lipinski definition) is 2. The van der Waals surface area contributed by atoms with Gasteiger partial charge in [-0.1, -0.05) is 44.7 Å². The first kappa shape index (κ1) is 24.2. The average Bonchev–Trinajstić information content (AvgIpc) is 3.10. The molecule has 1 aliphatic heterocycles. The lowest BCUT2D eigenvalue weighted by Crippen LogP contribution is -2.29. The van der Waals surface area contributed by atoms with E-state index in [1.54, 1.807) is 13.2 Å². The lowest BCUT2D eigenvalue weighted by atomic mass is 9.76. The monoisotopic (exact) mass is 488 g/mol. The fourth-order valence-corrected chi connectivity index (χ4v) is 6.23. The van der Waals surface area contributed by atoms with Crippen LogP contribution in [0.5, 0.6) is 5.75 Å². The Hall–Kier alpha value is -2.50. The molecule has 0 spiro atoms. The molecule has 0 aromatic heterocycles. The van der Waals surface area contributed by atoms with E-state index in [-0.39, 0.29) is 35.2 Å². The summed E-state index contributed by atoms with van der Waals surface area (Å²) >= 11 is 0. The van der Waals surface area contributed by atoms with Crippen LogP contribution in [0.4, 0.5) is 17.6 Å². The second-order valence-corrected chi connectivity index (χ2v) is 10.1. The van der Waals surface area contributed by atoms with Crippen LogP contribution in [0.1, 0.15) is 81.9 Å². The number of halogens is 4. The van der Waals surface area contributed by atoms with Gasteiger partial charge in [0.05, 0.1) is 24.0 Å². The van der Waals surface area contributed by atoms with Gasteiger partial charge in [0.15, 0.2) is 11.6 Å². The first-order valence-corrected chi connectivity index (χ1v) is 12.9. The summed E-state index contributed by atoms with van der Waals surface area (Å²) in [5.74, 6) is -4.88. The highest BCUT2D eigenvalue weighted by atomic mass is 19.3. The minimum atomic E-state index is -3.79. The van der Waals surface area contributed by atoms with E-state index in [1.807, 2.05) is 0 Å². The molecule has 35 heavy (non-hydrogen) atoms. The van der Waals surface area contributed by atoms with Crippen molar-refractivity contribution in [3.8, 4) is 16.9 Å². The van der Waals surface area contributed by atoms with E-state index in [1.165, 1.54) is 49.9 Å². The Morgan fingerprint density at radius 1 is 0.886 bits per heavy atom. The van der Waals surface area contributed by atoms with Gasteiger partial charge in [0.1, 0.15) is 11.9 Å². The van der Waals surface area contributed by atoms with E-state index in [0.717, 1.165) is 25.2 Å². The first-order chi connectivity index (χ1) is 16.9. The number of hydrogen-bond donors (Lipinski definition) is 0. The minimum Gasteiger partial charge on any atom is -0.497 e. The molecule has 0 amide bonds. The van der Waals surface area contributed by atoms with Crippen molar-refractivity contribution < 1.29 is 27.0 Å². The number of fused-ring (bicyclic) bond motifs is 3. The zero-order chi connectivity index (χ0) is 24.7. The summed E-state index contributed by atoms with van der Waals surface area (Å²) in [6.07, 6.45) is 10.2.